The van der Waals surface area contributed by atoms with Crippen molar-refractivity contribution >= 4 is 22.8 Å². The van der Waals surface area contributed by atoms with E-state index in [0.29, 0.717) is 18.1 Å². The summed E-state index contributed by atoms with van der Waals surface area (Å²) in [6.45, 7) is 5.91. The van der Waals surface area contributed by atoms with Crippen molar-refractivity contribution < 1.29 is 14.6 Å². The highest BCUT2D eigenvalue weighted by molar-refractivity contribution is 7.09. The fraction of sp³-hybridized carbons (Fsp3) is 0.333. The minimum atomic E-state index is -1.03. The van der Waals surface area contributed by atoms with Gasteiger partial charge in [0.1, 0.15) is 18.6 Å². The number of rotatable bonds is 7. The zero-order valence-corrected chi connectivity index (χ0v) is 15.7. The molecule has 138 valence electrons. The van der Waals surface area contributed by atoms with E-state index in [9.17, 15) is 9.90 Å². The van der Waals surface area contributed by atoms with Crippen molar-refractivity contribution in [3.8, 4) is 5.75 Å². The molecule has 2 unspecified atom stereocenters. The van der Waals surface area contributed by atoms with Crippen LogP contribution in [-0.4, -0.2) is 26.4 Å². The summed E-state index contributed by atoms with van der Waals surface area (Å²) >= 11 is 1.56. The molecule has 0 saturated carbocycles. The Morgan fingerprint density at radius 3 is 2.88 bits per heavy atom. The lowest BCUT2D eigenvalue weighted by Gasteiger charge is -2.18. The number of carbonyl (C=O) groups is 1. The lowest BCUT2D eigenvalue weighted by Crippen LogP contribution is -2.41. The average Bonchev–Trinajstić information content (AvgIpc) is 3.14. The number of nitrogens with one attached hydrogen (secondary N) is 1. The van der Waals surface area contributed by atoms with E-state index in [4.69, 9.17) is 10.5 Å². The van der Waals surface area contributed by atoms with E-state index in [1.165, 1.54) is 0 Å². The number of primary amides is 1. The summed E-state index contributed by atoms with van der Waals surface area (Å²) < 4.78 is 7.73. The standard InChI is InChI=1S/C18H22N4O3S/c1-10-6-13-4-5-14(25-8-15-11(2)20-9-26-15)7-22(13)16(10)18(24)21-12(3)17(19)23/h4-7,9,12,18,21,24H,8H2,1-3H3,(H2,19,23). The van der Waals surface area contributed by atoms with Gasteiger partial charge in [-0.2, -0.15) is 0 Å². The van der Waals surface area contributed by atoms with E-state index in [1.807, 2.05) is 42.6 Å². The van der Waals surface area contributed by atoms with Gasteiger partial charge in [0.25, 0.3) is 0 Å². The minimum Gasteiger partial charge on any atom is -0.486 e. The number of hydrogen-bond donors (Lipinski definition) is 3. The van der Waals surface area contributed by atoms with Crippen LogP contribution in [-0.2, 0) is 11.4 Å². The Morgan fingerprint density at radius 1 is 1.46 bits per heavy atom. The van der Waals surface area contributed by atoms with Gasteiger partial charge >= 0.3 is 0 Å². The van der Waals surface area contributed by atoms with E-state index in [2.05, 4.69) is 10.3 Å². The predicted octanol–water partition coefficient (Wildman–Crippen LogP) is 2.05. The molecule has 0 aliphatic rings. The van der Waals surface area contributed by atoms with Gasteiger partial charge in [-0.1, -0.05) is 0 Å². The van der Waals surface area contributed by atoms with Crippen molar-refractivity contribution in [2.24, 2.45) is 5.73 Å². The zero-order chi connectivity index (χ0) is 18.8. The van der Waals surface area contributed by atoms with Gasteiger partial charge in [0.2, 0.25) is 5.91 Å². The summed E-state index contributed by atoms with van der Waals surface area (Å²) in [7, 11) is 0. The third-order valence-electron chi connectivity index (χ3n) is 4.29. The Balaban J connectivity index is 1.85. The molecule has 0 spiro atoms. The molecule has 8 heteroatoms. The normalized spacial score (nSPS) is 13.7. The molecular weight excluding hydrogens is 352 g/mol. The van der Waals surface area contributed by atoms with Crippen molar-refractivity contribution in [3.05, 3.63) is 51.7 Å². The Kier molecular flexibility index (Phi) is 5.26. The van der Waals surface area contributed by atoms with Crippen molar-refractivity contribution in [3.63, 3.8) is 0 Å². The second-order valence-electron chi connectivity index (χ2n) is 6.22. The van der Waals surface area contributed by atoms with Crippen LogP contribution in [0.2, 0.25) is 0 Å². The van der Waals surface area contributed by atoms with Crippen molar-refractivity contribution in [1.82, 2.24) is 14.7 Å². The summed E-state index contributed by atoms with van der Waals surface area (Å²) in [5.74, 6) is 0.156. The van der Waals surface area contributed by atoms with Crippen LogP contribution < -0.4 is 15.8 Å². The monoisotopic (exact) mass is 374 g/mol. The first kappa shape index (κ1) is 18.4. The lowest BCUT2D eigenvalue weighted by molar-refractivity contribution is -0.120. The average molecular weight is 374 g/mol. The van der Waals surface area contributed by atoms with Gasteiger partial charge in [0.05, 0.1) is 34.0 Å². The molecule has 0 aromatic carbocycles. The lowest BCUT2D eigenvalue weighted by atomic mass is 10.2. The second-order valence-corrected chi connectivity index (χ2v) is 7.15. The van der Waals surface area contributed by atoms with Crippen LogP contribution in [0.4, 0.5) is 0 Å². The largest absolute Gasteiger partial charge is 0.486 e. The molecule has 26 heavy (non-hydrogen) atoms. The third kappa shape index (κ3) is 3.72. The van der Waals surface area contributed by atoms with Gasteiger partial charge in [0.15, 0.2) is 0 Å². The number of aliphatic hydroxyl groups excluding tert-OH is 1. The van der Waals surface area contributed by atoms with Crippen molar-refractivity contribution in [2.75, 3.05) is 0 Å². The molecule has 0 fully saturated rings. The quantitative estimate of drug-likeness (QED) is 0.549. The number of aryl methyl sites for hydroxylation is 2. The highest BCUT2D eigenvalue weighted by Gasteiger charge is 2.20. The number of fused-ring (bicyclic) bond motifs is 1. The van der Waals surface area contributed by atoms with E-state index in [0.717, 1.165) is 21.7 Å². The molecule has 3 rings (SSSR count). The van der Waals surface area contributed by atoms with Crippen LogP contribution in [0, 0.1) is 13.8 Å². The van der Waals surface area contributed by atoms with Crippen LogP contribution >= 0.6 is 11.3 Å². The molecule has 7 nitrogen and oxygen atoms in total. The predicted molar refractivity (Wildman–Crippen MR) is 100 cm³/mol. The number of pyridine rings is 1. The van der Waals surface area contributed by atoms with Gasteiger partial charge in [-0.15, -0.1) is 11.3 Å². The smallest absolute Gasteiger partial charge is 0.234 e. The maximum Gasteiger partial charge on any atom is 0.234 e. The first-order valence-corrected chi connectivity index (χ1v) is 9.11. The molecule has 2 atom stereocenters. The highest BCUT2D eigenvalue weighted by atomic mass is 32.1. The molecule has 0 aliphatic heterocycles. The summed E-state index contributed by atoms with van der Waals surface area (Å²) in [4.78, 5) is 16.5. The number of hydrogen-bond acceptors (Lipinski definition) is 6. The maximum atomic E-state index is 11.2. The topological polar surface area (TPSA) is 102 Å². The number of amides is 1. The minimum absolute atomic E-state index is 0.442. The van der Waals surface area contributed by atoms with Gasteiger partial charge in [-0.25, -0.2) is 4.98 Å². The molecule has 0 radical (unpaired) electrons. The first-order valence-electron chi connectivity index (χ1n) is 8.23. The maximum absolute atomic E-state index is 11.2. The fourth-order valence-electron chi connectivity index (χ4n) is 2.75. The van der Waals surface area contributed by atoms with E-state index in [-0.39, 0.29) is 0 Å². The summed E-state index contributed by atoms with van der Waals surface area (Å²) in [6, 6.07) is 5.13. The van der Waals surface area contributed by atoms with Crippen LogP contribution in [0.25, 0.3) is 5.52 Å². The van der Waals surface area contributed by atoms with Gasteiger partial charge in [-0.05, 0) is 44.5 Å². The summed E-state index contributed by atoms with van der Waals surface area (Å²) in [5, 5.41) is 13.3. The number of nitrogens with two attached hydrogens (primary N) is 1. The third-order valence-corrected chi connectivity index (χ3v) is 5.20. The van der Waals surface area contributed by atoms with Crippen LogP contribution in [0.1, 0.15) is 35.0 Å². The summed E-state index contributed by atoms with van der Waals surface area (Å²) in [6.07, 6.45) is 0.799. The Morgan fingerprint density at radius 2 is 2.23 bits per heavy atom. The number of thiazole rings is 1. The van der Waals surface area contributed by atoms with Crippen LogP contribution in [0.5, 0.6) is 5.75 Å². The molecule has 0 bridgehead atoms. The van der Waals surface area contributed by atoms with Gasteiger partial charge < -0.3 is 20.0 Å². The van der Waals surface area contributed by atoms with Crippen LogP contribution in [0.15, 0.2) is 29.9 Å². The number of ether oxygens (including phenoxy) is 1. The number of nitrogens with zero attached hydrogens (tertiary/aromatic N) is 2. The zero-order valence-electron chi connectivity index (χ0n) is 14.9. The van der Waals surface area contributed by atoms with Crippen LogP contribution in [0.3, 0.4) is 0 Å². The first-order chi connectivity index (χ1) is 12.4. The Hall–Kier alpha value is -2.42. The molecule has 3 aromatic heterocycles. The number of aromatic nitrogens is 2. The fourth-order valence-corrected chi connectivity index (χ4v) is 3.44. The molecule has 0 saturated heterocycles. The Bertz CT molecular complexity index is 934. The molecule has 3 heterocycles. The van der Waals surface area contributed by atoms with Gasteiger partial charge in [-0.3, -0.25) is 10.1 Å². The molecule has 0 aliphatic carbocycles. The number of aliphatic hydroxyl groups is 1. The van der Waals surface area contributed by atoms with Gasteiger partial charge in [0, 0.05) is 5.52 Å². The second kappa shape index (κ2) is 7.45. The van der Waals surface area contributed by atoms with E-state index < -0.39 is 18.2 Å². The van der Waals surface area contributed by atoms with E-state index >= 15 is 0 Å². The molecular formula is C18H22N4O3S. The molecule has 3 aromatic rings. The van der Waals surface area contributed by atoms with Crippen molar-refractivity contribution in [1.29, 1.82) is 0 Å². The van der Waals surface area contributed by atoms with Crippen molar-refractivity contribution in [2.45, 2.75) is 39.6 Å². The SMILES string of the molecule is Cc1cc2ccc(OCc3scnc3C)cn2c1C(O)NC(C)C(N)=O. The highest BCUT2D eigenvalue weighted by Crippen LogP contribution is 2.25. The number of carbonyl (C=O) groups excluding carboxylic acids is 1. The summed E-state index contributed by atoms with van der Waals surface area (Å²) in [5.41, 5.74) is 10.5. The molecule has 4 N–H and O–H groups in total. The van der Waals surface area contributed by atoms with E-state index in [1.54, 1.807) is 23.8 Å². The molecule has 1 amide bonds. The Labute approximate surface area is 155 Å².